The second kappa shape index (κ2) is 4.33. The van der Waals surface area contributed by atoms with E-state index < -0.39 is 6.43 Å². The summed E-state index contributed by atoms with van der Waals surface area (Å²) >= 11 is 4.83. The maximum absolute atomic E-state index is 12.6. The van der Waals surface area contributed by atoms with Crippen molar-refractivity contribution in [3.63, 3.8) is 0 Å². The summed E-state index contributed by atoms with van der Waals surface area (Å²) in [6.45, 7) is 1.79. The number of aromatic nitrogens is 4. The number of halogens is 2. The van der Waals surface area contributed by atoms with Crippen LogP contribution in [-0.2, 0) is 7.05 Å². The van der Waals surface area contributed by atoms with Crippen LogP contribution in [0.15, 0.2) is 12.3 Å². The summed E-state index contributed by atoms with van der Waals surface area (Å²) in [4.78, 5) is 6.40. The van der Waals surface area contributed by atoms with Crippen molar-refractivity contribution in [3.8, 4) is 11.3 Å². The van der Waals surface area contributed by atoms with E-state index in [1.54, 1.807) is 24.9 Å². The Hall–Kier alpha value is -1.63. The van der Waals surface area contributed by atoms with E-state index in [0.717, 1.165) is 5.69 Å². The van der Waals surface area contributed by atoms with Crippen LogP contribution in [0.1, 0.15) is 17.8 Å². The number of alkyl halides is 2. The van der Waals surface area contributed by atoms with E-state index in [-0.39, 0.29) is 10.5 Å². The molecule has 0 aromatic carbocycles. The summed E-state index contributed by atoms with van der Waals surface area (Å²) in [5, 5.41) is 4.14. The van der Waals surface area contributed by atoms with E-state index in [1.807, 2.05) is 0 Å². The van der Waals surface area contributed by atoms with Crippen LogP contribution < -0.4 is 0 Å². The van der Waals surface area contributed by atoms with Crippen LogP contribution in [0.4, 0.5) is 8.78 Å². The summed E-state index contributed by atoms with van der Waals surface area (Å²) in [6, 6.07) is 1.30. The van der Waals surface area contributed by atoms with Crippen molar-refractivity contribution in [2.45, 2.75) is 13.3 Å². The van der Waals surface area contributed by atoms with Gasteiger partial charge in [0.2, 0.25) is 0 Å². The van der Waals surface area contributed by atoms with Crippen LogP contribution in [-0.4, -0.2) is 19.7 Å². The Labute approximate surface area is 101 Å². The Bertz CT molecular complexity index is 603. The van der Waals surface area contributed by atoms with E-state index in [9.17, 15) is 8.78 Å². The van der Waals surface area contributed by atoms with Crippen LogP contribution in [0.5, 0.6) is 0 Å². The smallest absolute Gasteiger partial charge is 0.278 e. The number of aromatic amines is 1. The lowest BCUT2D eigenvalue weighted by Crippen LogP contribution is -1.95. The molecule has 0 radical (unpaired) electrons. The normalized spacial score (nSPS) is 11.1. The van der Waals surface area contributed by atoms with Gasteiger partial charge in [0.1, 0.15) is 0 Å². The quantitative estimate of drug-likeness (QED) is 0.840. The molecule has 2 aromatic heterocycles. The minimum Gasteiger partial charge on any atom is -0.329 e. The number of aryl methyl sites for hydroxylation is 2. The minimum absolute atomic E-state index is 0.0426. The Kier molecular flexibility index (Phi) is 3.01. The molecule has 2 aromatic rings. The van der Waals surface area contributed by atoms with Crippen molar-refractivity contribution in [2.24, 2.45) is 7.05 Å². The Morgan fingerprint density at radius 1 is 1.47 bits per heavy atom. The number of nitrogens with one attached hydrogen (secondary N) is 1. The lowest BCUT2D eigenvalue weighted by atomic mass is 10.2. The average molecular weight is 256 g/mol. The van der Waals surface area contributed by atoms with Crippen molar-refractivity contribution in [2.75, 3.05) is 0 Å². The molecular formula is C10H10F2N4S. The van der Waals surface area contributed by atoms with Gasteiger partial charge in [-0.15, -0.1) is 0 Å². The van der Waals surface area contributed by atoms with Crippen LogP contribution in [0.2, 0.25) is 0 Å². The molecule has 0 aliphatic heterocycles. The molecule has 7 heteroatoms. The van der Waals surface area contributed by atoms with Crippen LogP contribution in [0, 0.1) is 11.7 Å². The van der Waals surface area contributed by atoms with Crippen molar-refractivity contribution >= 4 is 12.2 Å². The highest BCUT2D eigenvalue weighted by Crippen LogP contribution is 2.24. The molecular weight excluding hydrogens is 246 g/mol. The Morgan fingerprint density at radius 3 is 2.71 bits per heavy atom. The maximum Gasteiger partial charge on any atom is 0.278 e. The predicted octanol–water partition coefficient (Wildman–Crippen LogP) is 2.79. The van der Waals surface area contributed by atoms with Crippen molar-refractivity contribution in [1.82, 2.24) is 19.7 Å². The van der Waals surface area contributed by atoms with Crippen molar-refractivity contribution in [3.05, 3.63) is 28.4 Å². The Morgan fingerprint density at radius 2 is 2.18 bits per heavy atom. The van der Waals surface area contributed by atoms with Crippen molar-refractivity contribution in [1.29, 1.82) is 0 Å². The summed E-state index contributed by atoms with van der Waals surface area (Å²) in [7, 11) is 1.76. The van der Waals surface area contributed by atoms with E-state index in [1.165, 1.54) is 6.07 Å². The molecule has 0 unspecified atom stereocenters. The van der Waals surface area contributed by atoms with Gasteiger partial charge in [0.05, 0.1) is 17.1 Å². The fourth-order valence-electron chi connectivity index (χ4n) is 1.58. The number of rotatable bonds is 2. The van der Waals surface area contributed by atoms with E-state index in [2.05, 4.69) is 15.1 Å². The molecule has 0 saturated carbocycles. The van der Waals surface area contributed by atoms with Crippen LogP contribution in [0.3, 0.4) is 0 Å². The number of H-pyrrole nitrogens is 1. The van der Waals surface area contributed by atoms with Crippen LogP contribution in [0.25, 0.3) is 11.3 Å². The maximum atomic E-state index is 12.6. The lowest BCUT2D eigenvalue weighted by Gasteiger charge is -2.03. The highest BCUT2D eigenvalue weighted by molar-refractivity contribution is 7.71. The summed E-state index contributed by atoms with van der Waals surface area (Å²) in [5.41, 5.74) is 1.60. The fraction of sp³-hybridized carbons (Fsp3) is 0.300. The molecule has 2 rings (SSSR count). The van der Waals surface area contributed by atoms with Gasteiger partial charge in [-0.05, 0) is 25.2 Å². The largest absolute Gasteiger partial charge is 0.329 e. The molecule has 0 aliphatic carbocycles. The topological polar surface area (TPSA) is 46.5 Å². The van der Waals surface area contributed by atoms with Gasteiger partial charge in [0, 0.05) is 18.8 Å². The standard InChI is InChI=1S/C10H10F2N4S/c1-5-6(4-16(2)15-5)7-3-8(9(11)12)14-10(17)13-7/h3-4,9H,1-2H3,(H,13,14,17). The number of hydrogen-bond acceptors (Lipinski definition) is 3. The van der Waals surface area contributed by atoms with E-state index >= 15 is 0 Å². The fourth-order valence-corrected chi connectivity index (χ4v) is 1.80. The summed E-state index contributed by atoms with van der Waals surface area (Å²) in [5.74, 6) is 0. The van der Waals surface area contributed by atoms with Crippen LogP contribution >= 0.6 is 12.2 Å². The van der Waals surface area contributed by atoms with E-state index in [0.29, 0.717) is 11.3 Å². The number of nitrogens with zero attached hydrogens (tertiary/aromatic N) is 3. The molecule has 2 heterocycles. The monoisotopic (exact) mass is 256 g/mol. The molecule has 0 atom stereocenters. The summed E-state index contributed by atoms with van der Waals surface area (Å²) < 4.78 is 26.9. The van der Waals surface area contributed by atoms with Gasteiger partial charge in [-0.2, -0.15) is 5.10 Å². The van der Waals surface area contributed by atoms with Gasteiger partial charge in [0.15, 0.2) is 4.77 Å². The first kappa shape index (κ1) is 11.8. The molecule has 0 saturated heterocycles. The SMILES string of the molecule is Cc1nn(C)cc1-c1cc(C(F)F)[nH]c(=S)n1. The Balaban J connectivity index is 2.60. The third-order valence-electron chi connectivity index (χ3n) is 2.29. The number of hydrogen-bond donors (Lipinski definition) is 1. The molecule has 0 aliphatic rings. The predicted molar refractivity (Wildman–Crippen MR) is 61.3 cm³/mol. The van der Waals surface area contributed by atoms with E-state index in [4.69, 9.17) is 12.2 Å². The molecule has 17 heavy (non-hydrogen) atoms. The molecule has 1 N–H and O–H groups in total. The highest BCUT2D eigenvalue weighted by atomic mass is 32.1. The third-order valence-corrected chi connectivity index (χ3v) is 2.48. The molecule has 90 valence electrons. The molecule has 0 bridgehead atoms. The first-order valence-electron chi connectivity index (χ1n) is 4.87. The highest BCUT2D eigenvalue weighted by Gasteiger charge is 2.13. The zero-order valence-electron chi connectivity index (χ0n) is 9.24. The molecule has 0 amide bonds. The molecule has 4 nitrogen and oxygen atoms in total. The van der Waals surface area contributed by atoms with Gasteiger partial charge in [-0.25, -0.2) is 13.8 Å². The van der Waals surface area contributed by atoms with Gasteiger partial charge in [-0.1, -0.05) is 0 Å². The van der Waals surface area contributed by atoms with Gasteiger partial charge < -0.3 is 4.98 Å². The first-order chi connectivity index (χ1) is 7.97. The lowest BCUT2D eigenvalue weighted by molar-refractivity contribution is 0.146. The summed E-state index contributed by atoms with van der Waals surface area (Å²) in [6.07, 6.45) is -0.878. The van der Waals surface area contributed by atoms with Crippen molar-refractivity contribution < 1.29 is 8.78 Å². The zero-order valence-corrected chi connectivity index (χ0v) is 10.1. The third kappa shape index (κ3) is 2.38. The van der Waals surface area contributed by atoms with Gasteiger partial charge in [0.25, 0.3) is 6.43 Å². The first-order valence-corrected chi connectivity index (χ1v) is 5.28. The average Bonchev–Trinajstić information content (AvgIpc) is 2.57. The van der Waals surface area contributed by atoms with Gasteiger partial charge in [-0.3, -0.25) is 4.68 Å². The second-order valence-corrected chi connectivity index (χ2v) is 4.02. The van der Waals surface area contributed by atoms with Gasteiger partial charge >= 0.3 is 0 Å². The molecule has 0 fully saturated rings. The minimum atomic E-state index is -2.60. The molecule has 0 spiro atoms. The second-order valence-electron chi connectivity index (χ2n) is 3.63. The zero-order chi connectivity index (χ0) is 12.6.